The molecular weight excluding hydrogens is 572 g/mol. The fourth-order valence-electron chi connectivity index (χ4n) is 7.50. The van der Waals surface area contributed by atoms with Crippen LogP contribution in [0.5, 0.6) is 11.5 Å². The molecule has 7 aromatic carbocycles. The molecular formula is C44H28N2O. The van der Waals surface area contributed by atoms with Gasteiger partial charge in [-0.1, -0.05) is 115 Å². The molecule has 0 bridgehead atoms. The third-order valence-electron chi connectivity index (χ3n) is 9.53. The quantitative estimate of drug-likeness (QED) is 0.184. The summed E-state index contributed by atoms with van der Waals surface area (Å²) in [5.74, 6) is 1.72. The van der Waals surface area contributed by atoms with E-state index in [1.807, 2.05) is 24.3 Å². The summed E-state index contributed by atoms with van der Waals surface area (Å²) in [4.78, 5) is 3.76. The van der Waals surface area contributed by atoms with Gasteiger partial charge in [0.15, 0.2) is 5.69 Å². The molecule has 0 aliphatic carbocycles. The van der Waals surface area contributed by atoms with Crippen molar-refractivity contribution in [3.8, 4) is 28.3 Å². The minimum atomic E-state index is -0.583. The van der Waals surface area contributed by atoms with E-state index < -0.39 is 5.41 Å². The molecule has 0 unspecified atom stereocenters. The van der Waals surface area contributed by atoms with Crippen molar-refractivity contribution >= 4 is 27.5 Å². The van der Waals surface area contributed by atoms with Crippen LogP contribution in [0.1, 0.15) is 22.3 Å². The molecule has 9 rings (SSSR count). The lowest BCUT2D eigenvalue weighted by Crippen LogP contribution is -2.34. The van der Waals surface area contributed by atoms with E-state index in [1.54, 1.807) is 0 Å². The van der Waals surface area contributed by atoms with Crippen LogP contribution in [0.4, 0.5) is 5.69 Å². The second kappa shape index (κ2) is 10.6. The van der Waals surface area contributed by atoms with Crippen molar-refractivity contribution in [2.75, 3.05) is 0 Å². The van der Waals surface area contributed by atoms with Crippen LogP contribution in [-0.4, -0.2) is 4.57 Å². The van der Waals surface area contributed by atoms with Gasteiger partial charge in [0.2, 0.25) is 0 Å². The van der Waals surface area contributed by atoms with Gasteiger partial charge in [-0.05, 0) is 82.2 Å². The van der Waals surface area contributed by atoms with Crippen molar-refractivity contribution in [3.63, 3.8) is 0 Å². The zero-order valence-electron chi connectivity index (χ0n) is 25.5. The summed E-state index contributed by atoms with van der Waals surface area (Å²) in [6.45, 7) is 7.70. The van der Waals surface area contributed by atoms with Crippen molar-refractivity contribution < 1.29 is 4.74 Å². The van der Waals surface area contributed by atoms with Gasteiger partial charge in [-0.3, -0.25) is 0 Å². The van der Waals surface area contributed by atoms with E-state index in [4.69, 9.17) is 11.3 Å². The summed E-state index contributed by atoms with van der Waals surface area (Å²) >= 11 is 0. The second-order valence-corrected chi connectivity index (χ2v) is 12.0. The standard InChI is InChI=1S/C44H28N2O/c1-45-34-23-25-41-37(29-34)36-27-30(21-24-40(36)46(41)35-17-9-4-10-18-35)31-22-26-43-39(28-31)44(32-13-5-2-6-14-32,33-15-7-3-8-16-33)38-19-11-12-20-42(38)47-43/h2-29H. The third kappa shape index (κ3) is 4.06. The lowest BCUT2D eigenvalue weighted by molar-refractivity contribution is 0.434. The number of para-hydroxylation sites is 2. The second-order valence-electron chi connectivity index (χ2n) is 12.0. The molecule has 0 spiro atoms. The Bertz CT molecular complexity index is 2450. The molecule has 0 saturated carbocycles. The van der Waals surface area contributed by atoms with E-state index in [0.29, 0.717) is 5.69 Å². The van der Waals surface area contributed by atoms with E-state index in [2.05, 4.69) is 155 Å². The van der Waals surface area contributed by atoms with E-state index >= 15 is 0 Å². The van der Waals surface area contributed by atoms with Crippen LogP contribution in [0, 0.1) is 6.57 Å². The summed E-state index contributed by atoms with van der Waals surface area (Å²) in [5, 5.41) is 2.18. The van der Waals surface area contributed by atoms with Crippen LogP contribution in [-0.2, 0) is 5.41 Å². The smallest absolute Gasteiger partial charge is 0.188 e. The zero-order valence-corrected chi connectivity index (χ0v) is 25.5. The first-order valence-electron chi connectivity index (χ1n) is 15.8. The monoisotopic (exact) mass is 600 g/mol. The Morgan fingerprint density at radius 1 is 0.489 bits per heavy atom. The Labute approximate surface area is 273 Å². The molecule has 1 aromatic heterocycles. The molecule has 3 nitrogen and oxygen atoms in total. The van der Waals surface area contributed by atoms with Gasteiger partial charge in [0.05, 0.1) is 23.0 Å². The highest BCUT2D eigenvalue weighted by molar-refractivity contribution is 6.11. The highest BCUT2D eigenvalue weighted by atomic mass is 16.5. The van der Waals surface area contributed by atoms with Crippen molar-refractivity contribution in [3.05, 3.63) is 204 Å². The average molecular weight is 601 g/mol. The van der Waals surface area contributed by atoms with Gasteiger partial charge >= 0.3 is 0 Å². The van der Waals surface area contributed by atoms with Crippen LogP contribution < -0.4 is 4.74 Å². The van der Waals surface area contributed by atoms with Gasteiger partial charge < -0.3 is 9.30 Å². The minimum absolute atomic E-state index is 0.583. The Hall–Kier alpha value is -6.37. The first-order chi connectivity index (χ1) is 23.3. The van der Waals surface area contributed by atoms with Crippen LogP contribution in [0.3, 0.4) is 0 Å². The Kier molecular flexibility index (Phi) is 6.10. The van der Waals surface area contributed by atoms with Gasteiger partial charge in [-0.15, -0.1) is 0 Å². The zero-order chi connectivity index (χ0) is 31.4. The van der Waals surface area contributed by atoms with E-state index in [1.165, 1.54) is 11.1 Å². The molecule has 8 aromatic rings. The van der Waals surface area contributed by atoms with Gasteiger partial charge in [0, 0.05) is 22.2 Å². The summed E-state index contributed by atoms with van der Waals surface area (Å²) in [6, 6.07) is 59.7. The third-order valence-corrected chi connectivity index (χ3v) is 9.53. The molecule has 0 N–H and O–H groups in total. The molecule has 3 heteroatoms. The molecule has 2 heterocycles. The molecule has 47 heavy (non-hydrogen) atoms. The maximum atomic E-state index is 7.70. The number of aromatic nitrogens is 1. The highest BCUT2D eigenvalue weighted by Crippen LogP contribution is 2.56. The van der Waals surface area contributed by atoms with Crippen molar-refractivity contribution in [1.29, 1.82) is 0 Å². The Morgan fingerprint density at radius 3 is 1.74 bits per heavy atom. The van der Waals surface area contributed by atoms with Gasteiger partial charge in [0.1, 0.15) is 11.5 Å². The van der Waals surface area contributed by atoms with E-state index in [0.717, 1.165) is 61.2 Å². The maximum absolute atomic E-state index is 7.70. The number of nitrogens with zero attached hydrogens (tertiary/aromatic N) is 2. The largest absolute Gasteiger partial charge is 0.457 e. The predicted octanol–water partition coefficient (Wildman–Crippen LogP) is 11.5. The summed E-state index contributed by atoms with van der Waals surface area (Å²) in [7, 11) is 0. The average Bonchev–Trinajstić information content (AvgIpc) is 3.47. The van der Waals surface area contributed by atoms with Crippen molar-refractivity contribution in [2.45, 2.75) is 5.41 Å². The van der Waals surface area contributed by atoms with Crippen molar-refractivity contribution in [2.24, 2.45) is 0 Å². The number of benzene rings is 7. The fraction of sp³-hybridized carbons (Fsp3) is 0.0227. The molecule has 0 fully saturated rings. The summed E-state index contributed by atoms with van der Waals surface area (Å²) in [5.41, 5.74) is 10.1. The minimum Gasteiger partial charge on any atom is -0.457 e. The molecule has 1 aliphatic rings. The molecule has 0 saturated heterocycles. The number of rotatable bonds is 4. The predicted molar refractivity (Wildman–Crippen MR) is 191 cm³/mol. The van der Waals surface area contributed by atoms with Crippen molar-refractivity contribution in [1.82, 2.24) is 4.57 Å². The van der Waals surface area contributed by atoms with Crippen LogP contribution in [0.2, 0.25) is 0 Å². The maximum Gasteiger partial charge on any atom is 0.188 e. The topological polar surface area (TPSA) is 18.5 Å². The van der Waals surface area contributed by atoms with Gasteiger partial charge in [0.25, 0.3) is 0 Å². The first-order valence-corrected chi connectivity index (χ1v) is 15.8. The fourth-order valence-corrected chi connectivity index (χ4v) is 7.50. The van der Waals surface area contributed by atoms with E-state index in [-0.39, 0.29) is 0 Å². The molecule has 220 valence electrons. The number of fused-ring (bicyclic) bond motifs is 5. The number of hydrogen-bond acceptors (Lipinski definition) is 1. The lowest BCUT2D eigenvalue weighted by atomic mass is 9.63. The molecule has 0 radical (unpaired) electrons. The Morgan fingerprint density at radius 2 is 1.04 bits per heavy atom. The van der Waals surface area contributed by atoms with Gasteiger partial charge in [-0.25, -0.2) is 4.85 Å². The van der Waals surface area contributed by atoms with Crippen LogP contribution >= 0.6 is 0 Å². The van der Waals surface area contributed by atoms with Gasteiger partial charge in [-0.2, -0.15) is 0 Å². The Balaban J connectivity index is 1.31. The number of hydrogen-bond donors (Lipinski definition) is 0. The normalized spacial score (nSPS) is 13.0. The molecule has 0 atom stereocenters. The first kappa shape index (κ1) is 27.0. The lowest BCUT2D eigenvalue weighted by Gasteiger charge is -2.41. The van der Waals surface area contributed by atoms with E-state index in [9.17, 15) is 0 Å². The summed E-state index contributed by atoms with van der Waals surface area (Å²) < 4.78 is 8.93. The summed E-state index contributed by atoms with van der Waals surface area (Å²) in [6.07, 6.45) is 0. The van der Waals surface area contributed by atoms with Crippen LogP contribution in [0.25, 0.3) is 43.5 Å². The molecule has 0 amide bonds. The highest BCUT2D eigenvalue weighted by Gasteiger charge is 2.45. The SMILES string of the molecule is [C-]#[N+]c1ccc2c(c1)c1cc(-c3ccc4c(c3)C(c3ccccc3)(c3ccccc3)c3ccccc3O4)ccc1n2-c1ccccc1. The molecule has 1 aliphatic heterocycles. The number of ether oxygens (including phenoxy) is 1. The van der Waals surface area contributed by atoms with Crippen LogP contribution in [0.15, 0.2) is 170 Å².